The topological polar surface area (TPSA) is 125 Å². The third-order valence-corrected chi connectivity index (χ3v) is 4.27. The number of carbonyl (C=O) groups excluding carboxylic acids is 2. The molecule has 0 aliphatic carbocycles. The van der Waals surface area contributed by atoms with Gasteiger partial charge in [0.25, 0.3) is 16.0 Å². The number of hydrogen-bond donors (Lipinski definition) is 2. The van der Waals surface area contributed by atoms with Gasteiger partial charge in [-0.25, -0.2) is 0 Å². The van der Waals surface area contributed by atoms with Crippen LogP contribution in [0.4, 0.5) is 11.4 Å². The zero-order valence-electron chi connectivity index (χ0n) is 14.1. The molecule has 0 fully saturated rings. The first-order valence-electron chi connectivity index (χ1n) is 7.54. The summed E-state index contributed by atoms with van der Waals surface area (Å²) in [4.78, 5) is 23.7. The molecule has 0 saturated heterocycles. The molecule has 1 unspecified atom stereocenters. The molecule has 0 aromatic heterocycles. The van der Waals surface area contributed by atoms with Gasteiger partial charge in [-0.2, -0.15) is 18.6 Å². The summed E-state index contributed by atoms with van der Waals surface area (Å²) in [7, 11) is -4.33. The molecular weight excluding hydrogens is 358 g/mol. The van der Waals surface area contributed by atoms with Crippen molar-refractivity contribution in [3.63, 3.8) is 0 Å². The van der Waals surface area contributed by atoms with Crippen LogP contribution in [0.1, 0.15) is 12.5 Å². The summed E-state index contributed by atoms with van der Waals surface area (Å²) in [5.74, 6) is -1.12. The molecule has 26 heavy (non-hydrogen) atoms. The summed E-state index contributed by atoms with van der Waals surface area (Å²) < 4.78 is 31.3. The molecule has 2 aromatic rings. The van der Waals surface area contributed by atoms with Crippen molar-refractivity contribution in [2.45, 2.75) is 24.8 Å². The zero-order chi connectivity index (χ0) is 19.3. The average molecular weight is 375 g/mol. The number of amides is 1. The maximum Gasteiger partial charge on any atom is 0.294 e. The lowest BCUT2D eigenvalue weighted by atomic mass is 10.2. The fraction of sp³-hybridized carbons (Fsp3) is 0.176. The van der Waals surface area contributed by atoms with Gasteiger partial charge in [-0.15, -0.1) is 0 Å². The smallest absolute Gasteiger partial charge is 0.294 e. The molecule has 136 valence electrons. The summed E-state index contributed by atoms with van der Waals surface area (Å²) in [6.07, 6.45) is 0. The lowest BCUT2D eigenvalue weighted by Gasteiger charge is -2.09. The van der Waals surface area contributed by atoms with E-state index >= 15 is 0 Å². The lowest BCUT2D eigenvalue weighted by Crippen LogP contribution is -2.31. The normalized spacial score (nSPS) is 12.7. The second kappa shape index (κ2) is 7.98. The van der Waals surface area contributed by atoms with Crippen molar-refractivity contribution in [3.8, 4) is 0 Å². The lowest BCUT2D eigenvalue weighted by molar-refractivity contribution is -0.126. The molecule has 0 saturated carbocycles. The number of ketones is 1. The van der Waals surface area contributed by atoms with Crippen molar-refractivity contribution in [1.29, 1.82) is 0 Å². The Kier molecular flexibility index (Phi) is 5.96. The van der Waals surface area contributed by atoms with Crippen LogP contribution >= 0.6 is 0 Å². The Morgan fingerprint density at radius 3 is 2.31 bits per heavy atom. The van der Waals surface area contributed by atoms with Crippen molar-refractivity contribution in [2.75, 3.05) is 5.32 Å². The predicted octanol–water partition coefficient (Wildman–Crippen LogP) is 2.92. The van der Waals surface area contributed by atoms with Gasteiger partial charge in [-0.05, 0) is 49.7 Å². The van der Waals surface area contributed by atoms with Crippen LogP contribution in [0.25, 0.3) is 0 Å². The van der Waals surface area contributed by atoms with Gasteiger partial charge >= 0.3 is 0 Å². The van der Waals surface area contributed by atoms with Crippen LogP contribution in [0.5, 0.6) is 0 Å². The fourth-order valence-corrected chi connectivity index (χ4v) is 2.64. The largest absolute Gasteiger partial charge is 0.324 e. The predicted molar refractivity (Wildman–Crippen MR) is 95.1 cm³/mol. The van der Waals surface area contributed by atoms with Gasteiger partial charge < -0.3 is 5.32 Å². The summed E-state index contributed by atoms with van der Waals surface area (Å²) >= 11 is 0. The quantitative estimate of drug-likeness (QED) is 0.456. The van der Waals surface area contributed by atoms with Gasteiger partial charge in [0.15, 0.2) is 5.78 Å². The SMILES string of the molecule is CC(=O)C(/N=N/c1ccc(S(=O)(=O)O)cc1C)C(=O)Nc1ccccc1. The van der Waals surface area contributed by atoms with E-state index in [1.807, 2.05) is 0 Å². The fourth-order valence-electron chi connectivity index (χ4n) is 2.07. The molecule has 2 rings (SSSR count). The third kappa shape index (κ3) is 5.04. The van der Waals surface area contributed by atoms with Crippen molar-refractivity contribution in [1.82, 2.24) is 0 Å². The first-order valence-corrected chi connectivity index (χ1v) is 8.98. The maximum absolute atomic E-state index is 12.2. The molecule has 1 atom stereocenters. The van der Waals surface area contributed by atoms with E-state index in [0.29, 0.717) is 11.3 Å². The number of nitrogens with zero attached hydrogens (tertiary/aromatic N) is 2. The van der Waals surface area contributed by atoms with Crippen molar-refractivity contribution in [2.24, 2.45) is 10.2 Å². The Bertz CT molecular complexity index is 956. The van der Waals surface area contributed by atoms with Gasteiger partial charge in [0.05, 0.1) is 10.6 Å². The highest BCUT2D eigenvalue weighted by Crippen LogP contribution is 2.23. The molecule has 0 radical (unpaired) electrons. The Balaban J connectivity index is 2.22. The highest BCUT2D eigenvalue weighted by molar-refractivity contribution is 7.85. The second-order valence-corrected chi connectivity index (χ2v) is 6.93. The summed E-state index contributed by atoms with van der Waals surface area (Å²) in [5.41, 5.74) is 1.21. The molecular formula is C17H17N3O5S. The maximum atomic E-state index is 12.2. The van der Waals surface area contributed by atoms with Gasteiger partial charge in [0.1, 0.15) is 0 Å². The highest BCUT2D eigenvalue weighted by atomic mass is 32.2. The monoisotopic (exact) mass is 375 g/mol. The van der Waals surface area contributed by atoms with Gasteiger partial charge in [-0.3, -0.25) is 14.1 Å². The third-order valence-electron chi connectivity index (χ3n) is 3.42. The second-order valence-electron chi connectivity index (χ2n) is 5.51. The van der Waals surface area contributed by atoms with Crippen LogP contribution in [0.15, 0.2) is 63.7 Å². The molecule has 0 bridgehead atoms. The number of benzene rings is 2. The Hall–Kier alpha value is -2.91. The van der Waals surface area contributed by atoms with E-state index < -0.39 is 27.9 Å². The zero-order valence-corrected chi connectivity index (χ0v) is 14.9. The van der Waals surface area contributed by atoms with Crippen LogP contribution in [-0.2, 0) is 19.7 Å². The van der Waals surface area contributed by atoms with Crippen molar-refractivity contribution < 1.29 is 22.6 Å². The van der Waals surface area contributed by atoms with E-state index in [2.05, 4.69) is 15.5 Å². The average Bonchev–Trinajstić information content (AvgIpc) is 2.56. The number of para-hydroxylation sites is 1. The van der Waals surface area contributed by atoms with Crippen LogP contribution in [0.3, 0.4) is 0 Å². The van der Waals surface area contributed by atoms with E-state index in [9.17, 15) is 18.0 Å². The van der Waals surface area contributed by atoms with E-state index in [1.165, 1.54) is 19.1 Å². The van der Waals surface area contributed by atoms with Crippen LogP contribution < -0.4 is 5.32 Å². The summed E-state index contributed by atoms with van der Waals surface area (Å²) in [6, 6.07) is 11.0. The van der Waals surface area contributed by atoms with E-state index in [-0.39, 0.29) is 10.6 Å². The Morgan fingerprint density at radius 2 is 1.77 bits per heavy atom. The van der Waals surface area contributed by atoms with Crippen LogP contribution in [-0.4, -0.2) is 30.7 Å². The molecule has 9 heteroatoms. The molecule has 0 spiro atoms. The minimum absolute atomic E-state index is 0.274. The number of nitrogens with one attached hydrogen (secondary N) is 1. The van der Waals surface area contributed by atoms with Crippen molar-refractivity contribution >= 4 is 33.2 Å². The molecule has 0 heterocycles. The van der Waals surface area contributed by atoms with E-state index in [1.54, 1.807) is 37.3 Å². The summed E-state index contributed by atoms with van der Waals surface area (Å²) in [5, 5.41) is 10.3. The van der Waals surface area contributed by atoms with E-state index in [0.717, 1.165) is 6.07 Å². The number of hydrogen-bond acceptors (Lipinski definition) is 6. The molecule has 0 aliphatic heterocycles. The number of carbonyl (C=O) groups is 2. The van der Waals surface area contributed by atoms with Gasteiger partial charge in [0, 0.05) is 5.69 Å². The Labute approximate surface area is 150 Å². The Morgan fingerprint density at radius 1 is 1.12 bits per heavy atom. The van der Waals surface area contributed by atoms with Gasteiger partial charge in [-0.1, -0.05) is 18.2 Å². The minimum Gasteiger partial charge on any atom is -0.324 e. The number of azo groups is 1. The molecule has 1 amide bonds. The van der Waals surface area contributed by atoms with E-state index in [4.69, 9.17) is 4.55 Å². The van der Waals surface area contributed by atoms with Crippen LogP contribution in [0.2, 0.25) is 0 Å². The number of anilines is 1. The molecule has 2 aromatic carbocycles. The first-order chi connectivity index (χ1) is 12.2. The number of Topliss-reactive ketones (excluding diaryl/α,β-unsaturated/α-hetero) is 1. The van der Waals surface area contributed by atoms with Crippen LogP contribution in [0, 0.1) is 6.92 Å². The summed E-state index contributed by atoms with van der Waals surface area (Å²) in [6.45, 7) is 2.79. The first kappa shape index (κ1) is 19.4. The standard InChI is InChI=1S/C17H17N3O5S/c1-11-10-14(26(23,24)25)8-9-15(11)19-20-16(12(2)21)17(22)18-13-6-4-3-5-7-13/h3-10,16H,1-2H3,(H,18,22)(H,23,24,25)/b20-19+. The minimum atomic E-state index is -4.33. The highest BCUT2D eigenvalue weighted by Gasteiger charge is 2.23. The number of aryl methyl sites for hydroxylation is 1. The molecule has 8 nitrogen and oxygen atoms in total. The molecule has 2 N–H and O–H groups in total. The molecule has 0 aliphatic rings. The van der Waals surface area contributed by atoms with Gasteiger partial charge in [0.2, 0.25) is 6.04 Å². The van der Waals surface area contributed by atoms with Crippen molar-refractivity contribution in [3.05, 3.63) is 54.1 Å². The number of rotatable bonds is 6.